The van der Waals surface area contributed by atoms with Crippen molar-refractivity contribution in [1.29, 1.82) is 0 Å². The van der Waals surface area contributed by atoms with Crippen LogP contribution >= 0.6 is 0 Å². The van der Waals surface area contributed by atoms with E-state index in [4.69, 9.17) is 4.74 Å². The molecule has 3 nitrogen and oxygen atoms in total. The Hall–Kier alpha value is -1.64. The molecule has 2 rings (SSSR count). The number of anilines is 1. The Morgan fingerprint density at radius 2 is 1.84 bits per heavy atom. The van der Waals surface area contributed by atoms with Crippen molar-refractivity contribution in [3.8, 4) is 5.75 Å². The lowest BCUT2D eigenvalue weighted by atomic mass is 10.2. The minimum atomic E-state index is 0.906. The van der Waals surface area contributed by atoms with Crippen molar-refractivity contribution < 1.29 is 4.74 Å². The third-order valence-corrected chi connectivity index (χ3v) is 3.49. The predicted octanol–water partition coefficient (Wildman–Crippen LogP) is 3.83. The fourth-order valence-electron chi connectivity index (χ4n) is 2.29. The maximum Gasteiger partial charge on any atom is 0.119 e. The van der Waals surface area contributed by atoms with Crippen molar-refractivity contribution in [2.24, 2.45) is 0 Å². The number of hydrogen-bond acceptors (Lipinski definition) is 3. The van der Waals surface area contributed by atoms with Gasteiger partial charge in [-0.15, -0.1) is 0 Å². The van der Waals surface area contributed by atoms with E-state index in [0.29, 0.717) is 0 Å². The molecule has 1 aliphatic heterocycles. The fourth-order valence-corrected chi connectivity index (χ4v) is 2.29. The SMILES string of the molecule is CCCCCCN1C=CN(c2ccc(OC)cc2)C1. The van der Waals surface area contributed by atoms with Crippen LogP contribution in [0, 0.1) is 0 Å². The number of unbranched alkanes of at least 4 members (excludes halogenated alkanes) is 3. The summed E-state index contributed by atoms with van der Waals surface area (Å²) in [5, 5.41) is 0. The van der Waals surface area contributed by atoms with Gasteiger partial charge in [-0.05, 0) is 30.7 Å². The van der Waals surface area contributed by atoms with E-state index >= 15 is 0 Å². The van der Waals surface area contributed by atoms with Crippen LogP contribution in [-0.2, 0) is 0 Å². The summed E-state index contributed by atoms with van der Waals surface area (Å²) >= 11 is 0. The number of nitrogens with zero attached hydrogens (tertiary/aromatic N) is 2. The molecule has 0 radical (unpaired) electrons. The van der Waals surface area contributed by atoms with Crippen LogP contribution in [0.5, 0.6) is 5.75 Å². The van der Waals surface area contributed by atoms with Gasteiger partial charge in [-0.3, -0.25) is 0 Å². The highest BCUT2D eigenvalue weighted by Crippen LogP contribution is 2.22. The van der Waals surface area contributed by atoms with Gasteiger partial charge in [0.2, 0.25) is 0 Å². The van der Waals surface area contributed by atoms with Crippen molar-refractivity contribution >= 4 is 5.69 Å². The number of benzene rings is 1. The molecule has 1 aliphatic rings. The molecule has 19 heavy (non-hydrogen) atoms. The van der Waals surface area contributed by atoms with E-state index in [1.165, 1.54) is 31.4 Å². The van der Waals surface area contributed by atoms with Crippen molar-refractivity contribution in [2.45, 2.75) is 32.6 Å². The van der Waals surface area contributed by atoms with E-state index in [-0.39, 0.29) is 0 Å². The van der Waals surface area contributed by atoms with Crippen LogP contribution in [0.3, 0.4) is 0 Å². The van der Waals surface area contributed by atoms with E-state index in [0.717, 1.165) is 19.0 Å². The normalized spacial score (nSPS) is 14.2. The first kappa shape index (κ1) is 13.8. The van der Waals surface area contributed by atoms with E-state index in [9.17, 15) is 0 Å². The van der Waals surface area contributed by atoms with Gasteiger partial charge >= 0.3 is 0 Å². The smallest absolute Gasteiger partial charge is 0.119 e. The van der Waals surface area contributed by atoms with Gasteiger partial charge < -0.3 is 14.5 Å². The lowest BCUT2D eigenvalue weighted by Crippen LogP contribution is -2.25. The standard InChI is InChI=1S/C16H24N2O/c1-3-4-5-6-11-17-12-13-18(14-17)15-7-9-16(19-2)10-8-15/h7-10,12-13H,3-6,11,14H2,1-2H3. The Kier molecular flexibility index (Phi) is 5.13. The van der Waals surface area contributed by atoms with Crippen molar-refractivity contribution in [1.82, 2.24) is 4.90 Å². The maximum absolute atomic E-state index is 5.18. The van der Waals surface area contributed by atoms with Crippen molar-refractivity contribution in [3.05, 3.63) is 36.7 Å². The highest BCUT2D eigenvalue weighted by Gasteiger charge is 2.13. The second kappa shape index (κ2) is 7.07. The van der Waals surface area contributed by atoms with Gasteiger partial charge in [0.15, 0.2) is 0 Å². The quantitative estimate of drug-likeness (QED) is 0.693. The van der Waals surface area contributed by atoms with E-state index < -0.39 is 0 Å². The lowest BCUT2D eigenvalue weighted by Gasteiger charge is -2.21. The third-order valence-electron chi connectivity index (χ3n) is 3.49. The molecule has 104 valence electrons. The minimum Gasteiger partial charge on any atom is -0.497 e. The van der Waals surface area contributed by atoms with Crippen LogP contribution in [0.4, 0.5) is 5.69 Å². The molecule has 0 fully saturated rings. The summed E-state index contributed by atoms with van der Waals surface area (Å²) < 4.78 is 5.18. The molecule has 0 aliphatic carbocycles. The molecule has 0 aromatic heterocycles. The van der Waals surface area contributed by atoms with Gasteiger partial charge in [0.1, 0.15) is 5.75 Å². The van der Waals surface area contributed by atoms with Crippen LogP contribution in [0.1, 0.15) is 32.6 Å². The van der Waals surface area contributed by atoms with Crippen LogP contribution in [-0.4, -0.2) is 25.2 Å². The Morgan fingerprint density at radius 3 is 2.53 bits per heavy atom. The zero-order valence-electron chi connectivity index (χ0n) is 12.0. The fraction of sp³-hybridized carbons (Fsp3) is 0.500. The molecule has 0 atom stereocenters. The van der Waals surface area contributed by atoms with E-state index in [2.05, 4.69) is 41.3 Å². The first-order valence-electron chi connectivity index (χ1n) is 7.16. The molecule has 1 heterocycles. The second-order valence-corrected chi connectivity index (χ2v) is 4.98. The van der Waals surface area contributed by atoms with E-state index in [1.807, 2.05) is 12.1 Å². The number of ether oxygens (including phenoxy) is 1. The van der Waals surface area contributed by atoms with Gasteiger partial charge in [0, 0.05) is 24.6 Å². The lowest BCUT2D eigenvalue weighted by molar-refractivity contribution is 0.389. The van der Waals surface area contributed by atoms with Gasteiger partial charge in [-0.25, -0.2) is 0 Å². The number of rotatable bonds is 7. The highest BCUT2D eigenvalue weighted by molar-refractivity contribution is 5.52. The first-order chi connectivity index (χ1) is 9.33. The second-order valence-electron chi connectivity index (χ2n) is 4.98. The van der Waals surface area contributed by atoms with Gasteiger partial charge in [0.25, 0.3) is 0 Å². The molecule has 0 amide bonds. The Morgan fingerprint density at radius 1 is 1.05 bits per heavy atom. The zero-order valence-corrected chi connectivity index (χ0v) is 12.0. The van der Waals surface area contributed by atoms with Gasteiger partial charge in [0.05, 0.1) is 13.8 Å². The Labute approximate surface area is 116 Å². The van der Waals surface area contributed by atoms with Crippen molar-refractivity contribution in [3.63, 3.8) is 0 Å². The molecular formula is C16H24N2O. The zero-order chi connectivity index (χ0) is 13.5. The largest absolute Gasteiger partial charge is 0.497 e. The summed E-state index contributed by atoms with van der Waals surface area (Å²) in [6, 6.07) is 8.22. The first-order valence-corrected chi connectivity index (χ1v) is 7.16. The molecule has 0 bridgehead atoms. The van der Waals surface area contributed by atoms with Crippen LogP contribution in [0.15, 0.2) is 36.7 Å². The summed E-state index contributed by atoms with van der Waals surface area (Å²) in [6.07, 6.45) is 9.61. The Balaban J connectivity index is 1.79. The summed E-state index contributed by atoms with van der Waals surface area (Å²) in [4.78, 5) is 4.64. The molecule has 0 spiro atoms. The van der Waals surface area contributed by atoms with Gasteiger partial charge in [-0.1, -0.05) is 26.2 Å². The Bertz CT molecular complexity index is 400. The van der Waals surface area contributed by atoms with Crippen molar-refractivity contribution in [2.75, 3.05) is 25.2 Å². The van der Waals surface area contributed by atoms with Crippen LogP contribution in [0.2, 0.25) is 0 Å². The average Bonchev–Trinajstić information content (AvgIpc) is 2.92. The molecule has 0 saturated carbocycles. The average molecular weight is 260 g/mol. The monoisotopic (exact) mass is 260 g/mol. The molecule has 0 N–H and O–H groups in total. The predicted molar refractivity (Wildman–Crippen MR) is 80.3 cm³/mol. The molecule has 0 unspecified atom stereocenters. The van der Waals surface area contributed by atoms with Gasteiger partial charge in [-0.2, -0.15) is 0 Å². The topological polar surface area (TPSA) is 15.7 Å². The van der Waals surface area contributed by atoms with Crippen LogP contribution < -0.4 is 9.64 Å². The molecule has 0 saturated heterocycles. The highest BCUT2D eigenvalue weighted by atomic mass is 16.5. The van der Waals surface area contributed by atoms with E-state index in [1.54, 1.807) is 7.11 Å². The molecule has 1 aromatic carbocycles. The molecule has 3 heteroatoms. The summed E-state index contributed by atoms with van der Waals surface area (Å²) in [6.45, 7) is 4.36. The number of hydrogen-bond donors (Lipinski definition) is 0. The summed E-state index contributed by atoms with van der Waals surface area (Å²) in [5.74, 6) is 0.906. The third kappa shape index (κ3) is 3.91. The number of methoxy groups -OCH3 is 1. The van der Waals surface area contributed by atoms with Crippen LogP contribution in [0.25, 0.3) is 0 Å². The summed E-state index contributed by atoms with van der Waals surface area (Å²) in [5.41, 5.74) is 1.22. The maximum atomic E-state index is 5.18. The minimum absolute atomic E-state index is 0.906. The summed E-state index contributed by atoms with van der Waals surface area (Å²) in [7, 11) is 1.70. The molecular weight excluding hydrogens is 236 g/mol. The molecule has 1 aromatic rings.